The van der Waals surface area contributed by atoms with Crippen molar-refractivity contribution in [2.75, 3.05) is 26.7 Å². The van der Waals surface area contributed by atoms with Crippen LogP contribution < -0.4 is 5.73 Å². The van der Waals surface area contributed by atoms with Gasteiger partial charge >= 0.3 is 0 Å². The van der Waals surface area contributed by atoms with Gasteiger partial charge in [0.05, 0.1) is 0 Å². The second-order valence-corrected chi connectivity index (χ2v) is 4.89. The van der Waals surface area contributed by atoms with Crippen molar-refractivity contribution in [2.45, 2.75) is 37.8 Å². The van der Waals surface area contributed by atoms with E-state index in [0.29, 0.717) is 12.5 Å². The molecular formula is C11H21N3O. The lowest BCUT2D eigenvalue weighted by Crippen LogP contribution is -2.45. The Morgan fingerprint density at radius 1 is 1.47 bits per heavy atom. The molecule has 2 unspecified atom stereocenters. The monoisotopic (exact) mass is 211 g/mol. The SMILES string of the molecule is CN1CCCCC1CN1CC(N)CC1=O. The van der Waals surface area contributed by atoms with Gasteiger partial charge in [-0.1, -0.05) is 6.42 Å². The van der Waals surface area contributed by atoms with E-state index in [-0.39, 0.29) is 11.9 Å². The Hall–Kier alpha value is -0.610. The molecule has 0 spiro atoms. The molecule has 4 nitrogen and oxygen atoms in total. The number of nitrogens with two attached hydrogens (primary N) is 1. The van der Waals surface area contributed by atoms with Crippen molar-refractivity contribution in [3.8, 4) is 0 Å². The van der Waals surface area contributed by atoms with E-state index in [1.807, 2.05) is 4.90 Å². The van der Waals surface area contributed by atoms with Crippen molar-refractivity contribution in [1.29, 1.82) is 0 Å². The van der Waals surface area contributed by atoms with Crippen LogP contribution in [0.3, 0.4) is 0 Å². The first kappa shape index (κ1) is 10.9. The normalized spacial score (nSPS) is 33.7. The highest BCUT2D eigenvalue weighted by atomic mass is 16.2. The minimum atomic E-state index is 0.0615. The van der Waals surface area contributed by atoms with Crippen LogP contribution in [0, 0.1) is 0 Å². The predicted molar refractivity (Wildman–Crippen MR) is 59.4 cm³/mol. The van der Waals surface area contributed by atoms with Crippen LogP contribution in [0.2, 0.25) is 0 Å². The molecule has 2 aliphatic rings. The number of amides is 1. The van der Waals surface area contributed by atoms with E-state index in [9.17, 15) is 4.79 Å². The van der Waals surface area contributed by atoms with Gasteiger partial charge < -0.3 is 15.5 Å². The molecule has 0 bridgehead atoms. The van der Waals surface area contributed by atoms with E-state index < -0.39 is 0 Å². The summed E-state index contributed by atoms with van der Waals surface area (Å²) in [6.07, 6.45) is 4.34. The van der Waals surface area contributed by atoms with Crippen molar-refractivity contribution in [1.82, 2.24) is 9.80 Å². The van der Waals surface area contributed by atoms with Gasteiger partial charge in [0, 0.05) is 31.6 Å². The fourth-order valence-corrected chi connectivity index (χ4v) is 2.61. The third-order valence-electron chi connectivity index (χ3n) is 3.60. The van der Waals surface area contributed by atoms with Crippen LogP contribution in [0.5, 0.6) is 0 Å². The van der Waals surface area contributed by atoms with Crippen LogP contribution >= 0.6 is 0 Å². The van der Waals surface area contributed by atoms with Gasteiger partial charge in [-0.3, -0.25) is 4.79 Å². The van der Waals surface area contributed by atoms with Crippen molar-refractivity contribution < 1.29 is 4.79 Å². The highest BCUT2D eigenvalue weighted by molar-refractivity contribution is 5.79. The standard InChI is InChI=1S/C11H21N3O/c1-13-5-3-2-4-10(13)8-14-7-9(12)6-11(14)15/h9-10H,2-8,12H2,1H3. The molecule has 86 valence electrons. The summed E-state index contributed by atoms with van der Waals surface area (Å²) in [5.74, 6) is 0.237. The maximum Gasteiger partial charge on any atom is 0.224 e. The van der Waals surface area contributed by atoms with Gasteiger partial charge in [-0.05, 0) is 26.4 Å². The number of nitrogens with zero attached hydrogens (tertiary/aromatic N) is 2. The zero-order valence-corrected chi connectivity index (χ0v) is 9.48. The molecule has 15 heavy (non-hydrogen) atoms. The number of hydrogen-bond acceptors (Lipinski definition) is 3. The Labute approximate surface area is 91.4 Å². The average molecular weight is 211 g/mol. The number of rotatable bonds is 2. The van der Waals surface area contributed by atoms with Crippen LogP contribution in [0.25, 0.3) is 0 Å². The molecule has 2 aliphatic heterocycles. The molecule has 0 aromatic carbocycles. The zero-order chi connectivity index (χ0) is 10.8. The average Bonchev–Trinajstić information content (AvgIpc) is 2.49. The minimum Gasteiger partial charge on any atom is -0.340 e. The van der Waals surface area contributed by atoms with Crippen molar-refractivity contribution in [2.24, 2.45) is 5.73 Å². The maximum atomic E-state index is 11.6. The predicted octanol–water partition coefficient (Wildman–Crippen LogP) is 0.0303. The Kier molecular flexibility index (Phi) is 3.26. The summed E-state index contributed by atoms with van der Waals surface area (Å²) in [7, 11) is 2.16. The van der Waals surface area contributed by atoms with Crippen molar-refractivity contribution in [3.63, 3.8) is 0 Å². The maximum absolute atomic E-state index is 11.6. The molecule has 0 aromatic rings. The molecule has 2 rings (SSSR count). The summed E-state index contributed by atoms with van der Waals surface area (Å²) in [5.41, 5.74) is 5.78. The smallest absolute Gasteiger partial charge is 0.224 e. The van der Waals surface area contributed by atoms with Crippen molar-refractivity contribution in [3.05, 3.63) is 0 Å². The van der Waals surface area contributed by atoms with Gasteiger partial charge in [-0.2, -0.15) is 0 Å². The highest BCUT2D eigenvalue weighted by Crippen LogP contribution is 2.18. The number of hydrogen-bond donors (Lipinski definition) is 1. The quantitative estimate of drug-likeness (QED) is 0.701. The van der Waals surface area contributed by atoms with E-state index in [1.54, 1.807) is 0 Å². The largest absolute Gasteiger partial charge is 0.340 e. The van der Waals surface area contributed by atoms with Gasteiger partial charge in [0.15, 0.2) is 0 Å². The summed E-state index contributed by atoms with van der Waals surface area (Å²) in [6.45, 7) is 2.80. The fraction of sp³-hybridized carbons (Fsp3) is 0.909. The third kappa shape index (κ3) is 2.49. The van der Waals surface area contributed by atoms with E-state index >= 15 is 0 Å². The molecule has 0 radical (unpaired) electrons. The van der Waals surface area contributed by atoms with Gasteiger partial charge in [0.2, 0.25) is 5.91 Å². The van der Waals surface area contributed by atoms with E-state index in [1.165, 1.54) is 25.8 Å². The minimum absolute atomic E-state index is 0.0615. The lowest BCUT2D eigenvalue weighted by molar-refractivity contribution is -0.128. The lowest BCUT2D eigenvalue weighted by Gasteiger charge is -2.35. The Bertz CT molecular complexity index is 244. The molecule has 0 saturated carbocycles. The summed E-state index contributed by atoms with van der Waals surface area (Å²) in [6, 6.07) is 0.611. The van der Waals surface area contributed by atoms with Crippen LogP contribution in [0.1, 0.15) is 25.7 Å². The topological polar surface area (TPSA) is 49.6 Å². The second-order valence-electron chi connectivity index (χ2n) is 4.89. The molecule has 2 saturated heterocycles. The Morgan fingerprint density at radius 3 is 2.87 bits per heavy atom. The first-order valence-electron chi connectivity index (χ1n) is 5.90. The number of likely N-dealkylation sites (N-methyl/N-ethyl adjacent to an activating group) is 1. The fourth-order valence-electron chi connectivity index (χ4n) is 2.61. The summed E-state index contributed by atoms with van der Waals surface area (Å²) in [5, 5.41) is 0. The third-order valence-corrected chi connectivity index (χ3v) is 3.60. The summed E-state index contributed by atoms with van der Waals surface area (Å²) < 4.78 is 0. The number of piperidine rings is 1. The van der Waals surface area contributed by atoms with E-state index in [2.05, 4.69) is 11.9 Å². The van der Waals surface area contributed by atoms with Gasteiger partial charge in [-0.25, -0.2) is 0 Å². The molecular weight excluding hydrogens is 190 g/mol. The lowest BCUT2D eigenvalue weighted by atomic mass is 10.0. The van der Waals surface area contributed by atoms with Crippen LogP contribution in [0.15, 0.2) is 0 Å². The zero-order valence-electron chi connectivity index (χ0n) is 9.48. The molecule has 0 aliphatic carbocycles. The molecule has 2 atom stereocenters. The molecule has 2 heterocycles. The van der Waals surface area contributed by atoms with Gasteiger partial charge in [-0.15, -0.1) is 0 Å². The molecule has 0 aromatic heterocycles. The highest BCUT2D eigenvalue weighted by Gasteiger charge is 2.30. The van der Waals surface area contributed by atoms with Crippen LogP contribution in [-0.4, -0.2) is 54.5 Å². The Morgan fingerprint density at radius 2 is 2.27 bits per heavy atom. The second kappa shape index (κ2) is 4.49. The van der Waals surface area contributed by atoms with Crippen LogP contribution in [0.4, 0.5) is 0 Å². The van der Waals surface area contributed by atoms with Gasteiger partial charge in [0.25, 0.3) is 0 Å². The van der Waals surface area contributed by atoms with E-state index in [4.69, 9.17) is 5.73 Å². The summed E-state index contributed by atoms with van der Waals surface area (Å²) in [4.78, 5) is 15.9. The number of likely N-dealkylation sites (tertiary alicyclic amines) is 2. The van der Waals surface area contributed by atoms with Crippen LogP contribution in [-0.2, 0) is 4.79 Å². The number of carbonyl (C=O) groups excluding carboxylic acids is 1. The molecule has 1 amide bonds. The summed E-state index contributed by atoms with van der Waals surface area (Å²) >= 11 is 0. The molecule has 2 N–H and O–H groups in total. The van der Waals surface area contributed by atoms with Crippen molar-refractivity contribution >= 4 is 5.91 Å². The first-order chi connectivity index (χ1) is 7.16. The molecule has 4 heteroatoms. The van der Waals surface area contributed by atoms with E-state index in [0.717, 1.165) is 13.1 Å². The number of carbonyl (C=O) groups is 1. The Balaban J connectivity index is 1.87. The first-order valence-corrected chi connectivity index (χ1v) is 5.90. The van der Waals surface area contributed by atoms with Gasteiger partial charge in [0.1, 0.15) is 0 Å². The molecule has 2 fully saturated rings.